The summed E-state index contributed by atoms with van der Waals surface area (Å²) in [5, 5.41) is 10.3. The molecule has 8 nitrogen and oxygen atoms in total. The molecule has 2 aliphatic rings. The Morgan fingerprint density at radius 1 is 1.06 bits per heavy atom. The summed E-state index contributed by atoms with van der Waals surface area (Å²) < 4.78 is 1.64. The van der Waals surface area contributed by atoms with Gasteiger partial charge in [0.1, 0.15) is 17.8 Å². The van der Waals surface area contributed by atoms with Crippen molar-refractivity contribution in [2.24, 2.45) is 0 Å². The van der Waals surface area contributed by atoms with E-state index in [1.54, 1.807) is 10.9 Å². The topological polar surface area (TPSA) is 96.3 Å². The lowest BCUT2D eigenvalue weighted by molar-refractivity contribution is -0.128. The Morgan fingerprint density at radius 2 is 1.76 bits per heavy atom. The number of carbonyl (C=O) groups excluding carboxylic acids is 3. The summed E-state index contributed by atoms with van der Waals surface area (Å²) in [7, 11) is 0. The number of aromatic nitrogens is 2. The highest BCUT2D eigenvalue weighted by atomic mass is 16.2. The van der Waals surface area contributed by atoms with Crippen molar-refractivity contribution < 1.29 is 14.4 Å². The maximum Gasteiger partial charge on any atom is 0.243 e. The van der Waals surface area contributed by atoms with E-state index < -0.39 is 11.0 Å². The minimum atomic E-state index is -1.23. The SMILES string of the molecule is CC(C)(C)NC(=O)CN1C(=O)C2(CC(=O)Nc3c2cnn3-c2ccccc2)c2ccccc21. The molecule has 3 heterocycles. The summed E-state index contributed by atoms with van der Waals surface area (Å²) in [6, 6.07) is 16.8. The van der Waals surface area contributed by atoms with Gasteiger partial charge >= 0.3 is 0 Å². The molecule has 0 aliphatic carbocycles. The monoisotopic (exact) mass is 443 g/mol. The van der Waals surface area contributed by atoms with E-state index in [0.29, 0.717) is 22.6 Å². The fraction of sp³-hybridized carbons (Fsp3) is 0.280. The predicted octanol–water partition coefficient (Wildman–Crippen LogP) is 2.76. The van der Waals surface area contributed by atoms with Crippen molar-refractivity contribution in [1.29, 1.82) is 0 Å². The molecule has 8 heteroatoms. The van der Waals surface area contributed by atoms with Crippen molar-refractivity contribution in [1.82, 2.24) is 15.1 Å². The van der Waals surface area contributed by atoms with Crippen molar-refractivity contribution in [3.63, 3.8) is 0 Å². The van der Waals surface area contributed by atoms with Gasteiger partial charge in [-0.05, 0) is 44.5 Å². The van der Waals surface area contributed by atoms with Gasteiger partial charge in [-0.3, -0.25) is 14.4 Å². The van der Waals surface area contributed by atoms with Gasteiger partial charge in [0.05, 0.1) is 11.9 Å². The number of rotatable bonds is 3. The molecule has 2 aromatic carbocycles. The maximum atomic E-state index is 14.0. The second-order valence-corrected chi connectivity index (χ2v) is 9.49. The van der Waals surface area contributed by atoms with Gasteiger partial charge < -0.3 is 15.5 Å². The van der Waals surface area contributed by atoms with E-state index in [1.807, 2.05) is 75.4 Å². The fourth-order valence-electron chi connectivity index (χ4n) is 4.77. The zero-order valence-electron chi connectivity index (χ0n) is 18.8. The van der Waals surface area contributed by atoms with Crippen LogP contribution in [-0.4, -0.2) is 39.6 Å². The van der Waals surface area contributed by atoms with E-state index in [9.17, 15) is 14.4 Å². The molecular formula is C25H25N5O3. The predicted molar refractivity (Wildman–Crippen MR) is 124 cm³/mol. The van der Waals surface area contributed by atoms with Crippen LogP contribution in [0, 0.1) is 0 Å². The van der Waals surface area contributed by atoms with Crippen LogP contribution >= 0.6 is 0 Å². The van der Waals surface area contributed by atoms with Crippen LogP contribution in [-0.2, 0) is 19.8 Å². The number of anilines is 2. The van der Waals surface area contributed by atoms with Gasteiger partial charge in [0.15, 0.2) is 0 Å². The molecule has 2 N–H and O–H groups in total. The van der Waals surface area contributed by atoms with E-state index in [-0.39, 0.29) is 30.7 Å². The number of carbonyl (C=O) groups is 3. The number of hydrogen-bond acceptors (Lipinski definition) is 4. The van der Waals surface area contributed by atoms with Crippen LogP contribution in [0.5, 0.6) is 0 Å². The lowest BCUT2D eigenvalue weighted by atomic mass is 9.72. The third-order valence-electron chi connectivity index (χ3n) is 5.99. The summed E-state index contributed by atoms with van der Waals surface area (Å²) in [5.74, 6) is -0.356. The third kappa shape index (κ3) is 3.29. The van der Waals surface area contributed by atoms with Crippen molar-refractivity contribution in [2.45, 2.75) is 38.1 Å². The summed E-state index contributed by atoms with van der Waals surface area (Å²) >= 11 is 0. The minimum absolute atomic E-state index is 0.0479. The Balaban J connectivity index is 1.64. The average Bonchev–Trinajstić information content (AvgIpc) is 3.28. The van der Waals surface area contributed by atoms with Crippen molar-refractivity contribution >= 4 is 29.2 Å². The molecule has 1 atom stereocenters. The number of benzene rings is 2. The number of hydrogen-bond donors (Lipinski definition) is 2. The van der Waals surface area contributed by atoms with Gasteiger partial charge in [-0.2, -0.15) is 5.10 Å². The van der Waals surface area contributed by atoms with Gasteiger partial charge in [-0.15, -0.1) is 0 Å². The number of amides is 3. The van der Waals surface area contributed by atoms with Crippen molar-refractivity contribution in [3.05, 3.63) is 71.9 Å². The summed E-state index contributed by atoms with van der Waals surface area (Å²) in [6.45, 7) is 5.55. The Hall–Kier alpha value is -3.94. The Kier molecular flexibility index (Phi) is 4.63. The largest absolute Gasteiger partial charge is 0.350 e. The molecule has 5 rings (SSSR count). The second kappa shape index (κ2) is 7.30. The molecule has 2 aliphatic heterocycles. The van der Waals surface area contributed by atoms with Gasteiger partial charge in [-0.25, -0.2) is 4.68 Å². The lowest BCUT2D eigenvalue weighted by Gasteiger charge is -2.32. The minimum Gasteiger partial charge on any atom is -0.350 e. The zero-order valence-corrected chi connectivity index (χ0v) is 18.8. The Bertz CT molecular complexity index is 1270. The smallest absolute Gasteiger partial charge is 0.243 e. The highest BCUT2D eigenvalue weighted by Crippen LogP contribution is 2.52. The second-order valence-electron chi connectivity index (χ2n) is 9.49. The quantitative estimate of drug-likeness (QED) is 0.651. The first kappa shape index (κ1) is 20.9. The van der Waals surface area contributed by atoms with E-state index in [4.69, 9.17) is 0 Å². The molecule has 0 radical (unpaired) electrons. The molecule has 3 aromatic rings. The molecular weight excluding hydrogens is 418 g/mol. The highest BCUT2D eigenvalue weighted by molar-refractivity contribution is 6.17. The number of para-hydroxylation sites is 2. The van der Waals surface area contributed by atoms with E-state index in [0.717, 1.165) is 5.69 Å². The van der Waals surface area contributed by atoms with Crippen molar-refractivity contribution in [2.75, 3.05) is 16.8 Å². The molecule has 1 spiro atoms. The van der Waals surface area contributed by atoms with E-state index in [2.05, 4.69) is 15.7 Å². The zero-order chi connectivity index (χ0) is 23.4. The van der Waals surface area contributed by atoms with Gasteiger partial charge in [0.25, 0.3) is 0 Å². The van der Waals surface area contributed by atoms with Crippen LogP contribution in [0.1, 0.15) is 38.3 Å². The van der Waals surface area contributed by atoms with Crippen LogP contribution in [0.15, 0.2) is 60.8 Å². The van der Waals surface area contributed by atoms with Crippen LogP contribution in [0.25, 0.3) is 5.69 Å². The van der Waals surface area contributed by atoms with Crippen LogP contribution in [0.4, 0.5) is 11.5 Å². The van der Waals surface area contributed by atoms with Gasteiger partial charge in [0.2, 0.25) is 17.7 Å². The Morgan fingerprint density at radius 3 is 2.48 bits per heavy atom. The molecule has 3 amide bonds. The number of fused-ring (bicyclic) bond motifs is 4. The molecule has 1 unspecified atom stereocenters. The first-order valence-corrected chi connectivity index (χ1v) is 10.9. The molecule has 168 valence electrons. The lowest BCUT2D eigenvalue weighted by Crippen LogP contribution is -2.50. The number of nitrogens with zero attached hydrogens (tertiary/aromatic N) is 3. The van der Waals surface area contributed by atoms with Gasteiger partial charge in [-0.1, -0.05) is 36.4 Å². The Labute approximate surface area is 191 Å². The highest BCUT2D eigenvalue weighted by Gasteiger charge is 2.57. The van der Waals surface area contributed by atoms with Gasteiger partial charge in [0, 0.05) is 23.2 Å². The third-order valence-corrected chi connectivity index (χ3v) is 5.99. The fourth-order valence-corrected chi connectivity index (χ4v) is 4.77. The standard InChI is InChI=1S/C25H25N5O3/c1-24(2,3)28-21(32)15-29-19-12-8-7-11-17(19)25(23(29)33)13-20(31)27-22-18(25)14-26-30(22)16-9-5-4-6-10-16/h4-12,14H,13,15H2,1-3H3,(H,27,31)(H,28,32). The van der Waals surface area contributed by atoms with Crippen LogP contribution < -0.4 is 15.5 Å². The van der Waals surface area contributed by atoms with E-state index >= 15 is 0 Å². The van der Waals surface area contributed by atoms with E-state index in [1.165, 1.54) is 4.90 Å². The number of nitrogens with one attached hydrogen (secondary N) is 2. The molecule has 33 heavy (non-hydrogen) atoms. The molecule has 1 aromatic heterocycles. The van der Waals surface area contributed by atoms with Crippen molar-refractivity contribution in [3.8, 4) is 5.69 Å². The first-order chi connectivity index (χ1) is 15.7. The summed E-state index contributed by atoms with van der Waals surface area (Å²) in [4.78, 5) is 41.2. The molecule has 0 fully saturated rings. The molecule has 0 saturated carbocycles. The summed E-state index contributed by atoms with van der Waals surface area (Å²) in [5.41, 5.74) is 1.09. The maximum absolute atomic E-state index is 14.0. The first-order valence-electron chi connectivity index (χ1n) is 10.9. The van der Waals surface area contributed by atoms with Crippen LogP contribution in [0.2, 0.25) is 0 Å². The molecule has 0 bridgehead atoms. The molecule has 0 saturated heterocycles. The average molecular weight is 444 g/mol. The normalized spacial score (nSPS) is 19.3. The summed E-state index contributed by atoms with van der Waals surface area (Å²) in [6.07, 6.45) is 1.60. The van der Waals surface area contributed by atoms with Crippen LogP contribution in [0.3, 0.4) is 0 Å².